The number of aliphatic imine (C=N–C) groups is 1. The molecule has 2 aliphatic rings. The van der Waals surface area contributed by atoms with E-state index in [1.54, 1.807) is 0 Å². The van der Waals surface area contributed by atoms with E-state index in [1.165, 1.54) is 16.7 Å². The molecule has 2 aliphatic heterocycles. The van der Waals surface area contributed by atoms with Gasteiger partial charge in [0.15, 0.2) is 11.4 Å². The third-order valence-electron chi connectivity index (χ3n) is 5.02. The van der Waals surface area contributed by atoms with Crippen molar-refractivity contribution in [3.63, 3.8) is 0 Å². The Balaban J connectivity index is 1.66. The number of para-hydroxylation sites is 2. The van der Waals surface area contributed by atoms with E-state index in [0.29, 0.717) is 12.2 Å². The first-order valence-electron chi connectivity index (χ1n) is 9.55. The van der Waals surface area contributed by atoms with E-state index in [2.05, 4.69) is 0 Å². The van der Waals surface area contributed by atoms with Gasteiger partial charge in [0, 0.05) is 12.7 Å². The van der Waals surface area contributed by atoms with Gasteiger partial charge >= 0.3 is 6.09 Å². The highest BCUT2D eigenvalue weighted by Gasteiger charge is 2.57. The van der Waals surface area contributed by atoms with Crippen molar-refractivity contribution in [1.29, 1.82) is 0 Å². The van der Waals surface area contributed by atoms with E-state index in [-0.39, 0.29) is 0 Å². The number of hydrogen-bond donors (Lipinski definition) is 1. The second-order valence-corrected chi connectivity index (χ2v) is 9.52. The number of carbonyl (C=O) groups excluding carboxylic acids is 1. The first-order chi connectivity index (χ1) is 13.7. The third kappa shape index (κ3) is 3.38. The lowest BCUT2D eigenvalue weighted by Crippen LogP contribution is -2.48. The Labute approximate surface area is 175 Å². The number of benzene rings is 2. The van der Waals surface area contributed by atoms with Crippen LogP contribution in [0.25, 0.3) is 0 Å². The second kappa shape index (κ2) is 7.07. The molecule has 1 N–H and O–H groups in total. The van der Waals surface area contributed by atoms with E-state index >= 15 is 0 Å². The van der Waals surface area contributed by atoms with Crippen molar-refractivity contribution in [3.8, 4) is 0 Å². The summed E-state index contributed by atoms with van der Waals surface area (Å²) in [5.74, 6) is 0. The molecule has 2 atom stereocenters. The average molecular weight is 412 g/mol. The lowest BCUT2D eigenvalue weighted by atomic mass is 9.99. The number of amides is 1. The van der Waals surface area contributed by atoms with Gasteiger partial charge < -0.3 is 14.7 Å². The molecule has 152 valence electrons. The van der Waals surface area contributed by atoms with Gasteiger partial charge in [0.2, 0.25) is 0 Å². The van der Waals surface area contributed by atoms with Gasteiger partial charge in [0.25, 0.3) is 0 Å². The minimum Gasteiger partial charge on any atom is -0.443 e. The van der Waals surface area contributed by atoms with E-state index in [4.69, 9.17) is 9.73 Å². The molecule has 7 heteroatoms. The van der Waals surface area contributed by atoms with Crippen molar-refractivity contribution in [2.24, 2.45) is 4.99 Å². The Morgan fingerprint density at radius 3 is 2.55 bits per heavy atom. The molecule has 2 heterocycles. The second-order valence-electron chi connectivity index (χ2n) is 8.23. The summed E-state index contributed by atoms with van der Waals surface area (Å²) in [6.07, 6.45) is -1.63. The average Bonchev–Trinajstić information content (AvgIpc) is 3.23. The molecule has 29 heavy (non-hydrogen) atoms. The van der Waals surface area contributed by atoms with Crippen LogP contribution in [0, 0.1) is 0 Å². The molecule has 1 amide bonds. The van der Waals surface area contributed by atoms with E-state index in [0.717, 1.165) is 16.4 Å². The molecule has 0 fully saturated rings. The highest BCUT2D eigenvalue weighted by molar-refractivity contribution is 8.15. The van der Waals surface area contributed by atoms with Gasteiger partial charge in [0.05, 0.1) is 12.2 Å². The van der Waals surface area contributed by atoms with E-state index < -0.39 is 22.7 Å². The number of anilines is 2. The smallest absolute Gasteiger partial charge is 0.417 e. The number of amidine groups is 1. The molecule has 0 aromatic heterocycles. The molecule has 0 saturated carbocycles. The van der Waals surface area contributed by atoms with Crippen molar-refractivity contribution in [2.75, 3.05) is 23.4 Å². The molecule has 0 bridgehead atoms. The van der Waals surface area contributed by atoms with Crippen LogP contribution in [0.1, 0.15) is 26.3 Å². The van der Waals surface area contributed by atoms with Gasteiger partial charge in [-0.15, -0.1) is 0 Å². The van der Waals surface area contributed by atoms with Crippen molar-refractivity contribution in [2.45, 2.75) is 37.3 Å². The molecule has 0 radical (unpaired) electrons. The van der Waals surface area contributed by atoms with Crippen LogP contribution in [0.2, 0.25) is 0 Å². The standard InChI is InChI=1S/C22H25N3O3S/c1-21(2,3)28-20(27)25-17-13-9-8-12-16(17)22(18(25)26)14-23-19(29-22)24(4)15-10-6-5-7-11-15/h5-13,18,26H,14H2,1-4H3/t18-,22-/m0/s1. The zero-order chi connectivity index (χ0) is 20.8. The van der Waals surface area contributed by atoms with Crippen LogP contribution in [0.4, 0.5) is 16.2 Å². The number of hydrogen-bond acceptors (Lipinski definition) is 6. The van der Waals surface area contributed by atoms with Crippen LogP contribution in [-0.2, 0) is 9.48 Å². The number of thioether (sulfide) groups is 1. The Hall–Kier alpha value is -2.51. The Kier molecular flexibility index (Phi) is 4.83. The quantitative estimate of drug-likeness (QED) is 0.762. The Morgan fingerprint density at radius 2 is 1.86 bits per heavy atom. The maximum Gasteiger partial charge on any atom is 0.417 e. The number of nitrogens with zero attached hydrogens (tertiary/aromatic N) is 3. The molecule has 0 unspecified atom stereocenters. The molecule has 2 aromatic carbocycles. The van der Waals surface area contributed by atoms with Gasteiger partial charge in [-0.2, -0.15) is 0 Å². The molecule has 2 aromatic rings. The third-order valence-corrected chi connectivity index (χ3v) is 6.53. The highest BCUT2D eigenvalue weighted by atomic mass is 32.2. The summed E-state index contributed by atoms with van der Waals surface area (Å²) in [7, 11) is 1.96. The van der Waals surface area contributed by atoms with Crippen LogP contribution in [0.3, 0.4) is 0 Å². The fraction of sp³-hybridized carbons (Fsp3) is 0.364. The lowest BCUT2D eigenvalue weighted by Gasteiger charge is -2.32. The van der Waals surface area contributed by atoms with Gasteiger partial charge in [-0.3, -0.25) is 4.99 Å². The van der Waals surface area contributed by atoms with Crippen LogP contribution in [-0.4, -0.2) is 41.8 Å². The Bertz CT molecular complexity index is 957. The fourth-order valence-electron chi connectivity index (χ4n) is 3.65. The first-order valence-corrected chi connectivity index (χ1v) is 10.4. The van der Waals surface area contributed by atoms with Crippen LogP contribution >= 0.6 is 11.8 Å². The number of aliphatic hydroxyl groups is 1. The number of aliphatic hydroxyl groups excluding tert-OH is 1. The van der Waals surface area contributed by atoms with Crippen molar-refractivity contribution in [1.82, 2.24) is 0 Å². The summed E-state index contributed by atoms with van der Waals surface area (Å²) in [5, 5.41) is 12.1. The SMILES string of the molecule is CN(C1=NC[C@]2(S1)c1ccccc1N(C(=O)OC(C)(C)C)[C@H]2O)c1ccccc1. The summed E-state index contributed by atoms with van der Waals surface area (Å²) >= 11 is 1.49. The number of carbonyl (C=O) groups is 1. The maximum atomic E-state index is 12.9. The lowest BCUT2D eigenvalue weighted by molar-refractivity contribution is 0.0453. The van der Waals surface area contributed by atoms with Gasteiger partial charge in [-0.25, -0.2) is 9.69 Å². The van der Waals surface area contributed by atoms with Crippen molar-refractivity contribution < 1.29 is 14.6 Å². The van der Waals surface area contributed by atoms with Crippen molar-refractivity contribution >= 4 is 34.4 Å². The molecule has 0 aliphatic carbocycles. The minimum atomic E-state index is -1.08. The predicted molar refractivity (Wildman–Crippen MR) is 118 cm³/mol. The largest absolute Gasteiger partial charge is 0.443 e. The number of rotatable bonds is 1. The summed E-state index contributed by atoms with van der Waals surface area (Å²) in [4.78, 5) is 21.0. The summed E-state index contributed by atoms with van der Waals surface area (Å²) in [6.45, 7) is 5.82. The van der Waals surface area contributed by atoms with E-state index in [9.17, 15) is 9.90 Å². The predicted octanol–water partition coefficient (Wildman–Crippen LogP) is 4.19. The summed E-state index contributed by atoms with van der Waals surface area (Å²) < 4.78 is 4.81. The van der Waals surface area contributed by atoms with Crippen LogP contribution in [0.15, 0.2) is 59.6 Å². The normalized spacial score (nSPS) is 23.1. The zero-order valence-corrected chi connectivity index (χ0v) is 17.8. The molecule has 6 nitrogen and oxygen atoms in total. The Morgan fingerprint density at radius 1 is 1.21 bits per heavy atom. The summed E-state index contributed by atoms with van der Waals surface area (Å²) in [6, 6.07) is 17.5. The van der Waals surface area contributed by atoms with Crippen molar-refractivity contribution in [3.05, 3.63) is 60.2 Å². The monoisotopic (exact) mass is 411 g/mol. The molecular weight excluding hydrogens is 386 g/mol. The van der Waals surface area contributed by atoms with Crippen LogP contribution in [0.5, 0.6) is 0 Å². The molecule has 1 spiro atoms. The fourth-order valence-corrected chi connectivity index (χ4v) is 4.97. The zero-order valence-electron chi connectivity index (χ0n) is 17.0. The maximum absolute atomic E-state index is 12.9. The number of ether oxygens (including phenoxy) is 1. The van der Waals surface area contributed by atoms with Gasteiger partial charge in [-0.1, -0.05) is 48.2 Å². The topological polar surface area (TPSA) is 65.4 Å². The molecular formula is C22H25N3O3S. The minimum absolute atomic E-state index is 0.377. The molecule has 0 saturated heterocycles. The van der Waals surface area contributed by atoms with Gasteiger partial charge in [-0.05, 0) is 44.5 Å². The van der Waals surface area contributed by atoms with Gasteiger partial charge in [0.1, 0.15) is 10.3 Å². The number of fused-ring (bicyclic) bond motifs is 2. The first kappa shape index (κ1) is 19.8. The summed E-state index contributed by atoms with van der Waals surface area (Å²) in [5.41, 5.74) is 1.92. The van der Waals surface area contributed by atoms with Crippen LogP contribution < -0.4 is 9.80 Å². The molecule has 4 rings (SSSR count). The van der Waals surface area contributed by atoms with E-state index in [1.807, 2.05) is 87.3 Å². The highest BCUT2D eigenvalue weighted by Crippen LogP contribution is 2.55.